The number of hydrogen-bond acceptors (Lipinski definition) is 6. The average Bonchev–Trinajstić information content (AvgIpc) is 3.04. The van der Waals surface area contributed by atoms with Crippen molar-refractivity contribution in [2.45, 2.75) is 19.0 Å². The predicted octanol–water partition coefficient (Wildman–Crippen LogP) is 3.67. The second kappa shape index (κ2) is 8.53. The molecule has 3 N–H and O–H groups in total. The third-order valence-corrected chi connectivity index (χ3v) is 5.41. The molecule has 1 amide bonds. The number of thioether (sulfide) groups is 1. The largest absolute Gasteiger partial charge is 0.495 e. The summed E-state index contributed by atoms with van der Waals surface area (Å²) in [6.45, 7) is 3.86. The molecule has 3 rings (SSSR count). The smallest absolute Gasteiger partial charge is 0.234 e. The van der Waals surface area contributed by atoms with Crippen LogP contribution in [0.25, 0.3) is 11.4 Å². The van der Waals surface area contributed by atoms with Crippen LogP contribution >= 0.6 is 23.4 Å². The number of nitrogen functional groups attached to an aromatic ring is 1. The maximum Gasteiger partial charge on any atom is 0.234 e. The van der Waals surface area contributed by atoms with Crippen LogP contribution < -0.4 is 15.9 Å². The molecule has 7 nitrogen and oxygen atoms in total. The molecule has 0 bridgehead atoms. The summed E-state index contributed by atoms with van der Waals surface area (Å²) < 4.78 is 6.66. The number of aryl methyl sites for hydroxylation is 2. The summed E-state index contributed by atoms with van der Waals surface area (Å²) in [5.41, 5.74) is 3.41. The Morgan fingerprint density at radius 2 is 1.96 bits per heavy atom. The molecular weight excluding hydrogens is 398 g/mol. The molecule has 0 unspecified atom stereocenters. The Hall–Kier alpha value is -2.71. The standard InChI is InChI=1S/C19H20ClN5O2S/c1-11-4-6-13(7-5-11)18-23-24-19(25(18)21)28-10-17(26)22-15-8-12(2)14(20)9-16(15)27-3/h4-9H,10,21H2,1-3H3,(H,22,26). The number of ether oxygens (including phenoxy) is 1. The third kappa shape index (κ3) is 4.40. The van der Waals surface area contributed by atoms with Gasteiger partial charge < -0.3 is 15.9 Å². The van der Waals surface area contributed by atoms with Crippen molar-refractivity contribution < 1.29 is 9.53 Å². The van der Waals surface area contributed by atoms with E-state index in [1.165, 1.54) is 23.5 Å². The lowest BCUT2D eigenvalue weighted by atomic mass is 10.1. The summed E-state index contributed by atoms with van der Waals surface area (Å²) in [4.78, 5) is 12.4. The summed E-state index contributed by atoms with van der Waals surface area (Å²) in [6, 6.07) is 11.3. The molecule has 2 aromatic carbocycles. The zero-order chi connectivity index (χ0) is 20.3. The van der Waals surface area contributed by atoms with Crippen LogP contribution in [-0.4, -0.2) is 33.6 Å². The van der Waals surface area contributed by atoms with Crippen LogP contribution in [0, 0.1) is 13.8 Å². The van der Waals surface area contributed by atoms with Crippen molar-refractivity contribution >= 4 is 35.0 Å². The first-order valence-corrected chi connectivity index (χ1v) is 9.79. The van der Waals surface area contributed by atoms with Gasteiger partial charge in [-0.2, -0.15) is 0 Å². The van der Waals surface area contributed by atoms with Gasteiger partial charge in [0.05, 0.1) is 18.6 Å². The van der Waals surface area contributed by atoms with E-state index in [4.69, 9.17) is 22.2 Å². The minimum absolute atomic E-state index is 0.119. The Balaban J connectivity index is 1.67. The van der Waals surface area contributed by atoms with Crippen molar-refractivity contribution in [2.24, 2.45) is 0 Å². The molecule has 0 fully saturated rings. The van der Waals surface area contributed by atoms with Gasteiger partial charge in [0.2, 0.25) is 11.1 Å². The molecule has 28 heavy (non-hydrogen) atoms. The summed E-state index contributed by atoms with van der Waals surface area (Å²) in [5, 5.41) is 12.1. The number of amides is 1. The van der Waals surface area contributed by atoms with Gasteiger partial charge in [-0.15, -0.1) is 10.2 Å². The average molecular weight is 418 g/mol. The van der Waals surface area contributed by atoms with E-state index in [1.54, 1.807) is 12.1 Å². The van der Waals surface area contributed by atoms with E-state index in [0.717, 1.165) is 16.7 Å². The molecule has 1 heterocycles. The molecule has 0 aliphatic carbocycles. The maximum atomic E-state index is 12.4. The Kier molecular flexibility index (Phi) is 6.11. The zero-order valence-electron chi connectivity index (χ0n) is 15.7. The fourth-order valence-electron chi connectivity index (χ4n) is 2.52. The fourth-order valence-corrected chi connectivity index (χ4v) is 3.33. The van der Waals surface area contributed by atoms with Crippen molar-refractivity contribution in [2.75, 3.05) is 24.0 Å². The van der Waals surface area contributed by atoms with E-state index < -0.39 is 0 Å². The van der Waals surface area contributed by atoms with Gasteiger partial charge in [-0.3, -0.25) is 4.79 Å². The monoisotopic (exact) mass is 417 g/mol. The lowest BCUT2D eigenvalue weighted by Gasteiger charge is -2.12. The van der Waals surface area contributed by atoms with Crippen molar-refractivity contribution in [1.82, 2.24) is 14.9 Å². The highest BCUT2D eigenvalue weighted by molar-refractivity contribution is 7.99. The van der Waals surface area contributed by atoms with Gasteiger partial charge in [0.15, 0.2) is 5.82 Å². The van der Waals surface area contributed by atoms with Crippen molar-refractivity contribution in [3.8, 4) is 17.1 Å². The number of anilines is 1. The Bertz CT molecular complexity index is 1000. The van der Waals surface area contributed by atoms with Crippen LogP contribution in [0.2, 0.25) is 5.02 Å². The molecule has 9 heteroatoms. The van der Waals surface area contributed by atoms with E-state index in [0.29, 0.717) is 27.4 Å². The first-order valence-electron chi connectivity index (χ1n) is 8.43. The molecule has 0 aliphatic rings. The highest BCUT2D eigenvalue weighted by Gasteiger charge is 2.15. The SMILES string of the molecule is COc1cc(Cl)c(C)cc1NC(=O)CSc1nnc(-c2ccc(C)cc2)n1N. The van der Waals surface area contributed by atoms with E-state index >= 15 is 0 Å². The molecule has 0 saturated heterocycles. The maximum absolute atomic E-state index is 12.4. The minimum atomic E-state index is -0.218. The molecular formula is C19H20ClN5O2S. The number of aromatic nitrogens is 3. The normalized spacial score (nSPS) is 10.7. The number of methoxy groups -OCH3 is 1. The van der Waals surface area contributed by atoms with Gasteiger partial charge in [0.25, 0.3) is 0 Å². The van der Waals surface area contributed by atoms with Crippen LogP contribution in [-0.2, 0) is 4.79 Å². The van der Waals surface area contributed by atoms with Crippen LogP contribution in [0.1, 0.15) is 11.1 Å². The number of carbonyl (C=O) groups excluding carboxylic acids is 1. The Morgan fingerprint density at radius 1 is 1.25 bits per heavy atom. The number of nitrogens with one attached hydrogen (secondary N) is 1. The molecule has 0 saturated carbocycles. The topological polar surface area (TPSA) is 95.1 Å². The van der Waals surface area contributed by atoms with Gasteiger partial charge >= 0.3 is 0 Å². The van der Waals surface area contributed by atoms with Gasteiger partial charge in [-0.25, -0.2) is 4.68 Å². The number of nitrogens with zero attached hydrogens (tertiary/aromatic N) is 3. The molecule has 0 spiro atoms. The summed E-state index contributed by atoms with van der Waals surface area (Å²) >= 11 is 7.29. The van der Waals surface area contributed by atoms with Crippen molar-refractivity contribution in [3.05, 3.63) is 52.5 Å². The van der Waals surface area contributed by atoms with Crippen molar-refractivity contribution in [1.29, 1.82) is 0 Å². The summed E-state index contributed by atoms with van der Waals surface area (Å²) in [6.07, 6.45) is 0. The number of carbonyl (C=O) groups is 1. The summed E-state index contributed by atoms with van der Waals surface area (Å²) in [7, 11) is 1.52. The number of rotatable bonds is 6. The van der Waals surface area contributed by atoms with Crippen LogP contribution in [0.5, 0.6) is 5.75 Å². The zero-order valence-corrected chi connectivity index (χ0v) is 17.3. The van der Waals surface area contributed by atoms with E-state index in [2.05, 4.69) is 15.5 Å². The van der Waals surface area contributed by atoms with E-state index in [1.807, 2.05) is 38.1 Å². The minimum Gasteiger partial charge on any atom is -0.495 e. The van der Waals surface area contributed by atoms with Crippen LogP contribution in [0.4, 0.5) is 5.69 Å². The number of benzene rings is 2. The van der Waals surface area contributed by atoms with Crippen LogP contribution in [0.3, 0.4) is 0 Å². The van der Waals surface area contributed by atoms with Crippen LogP contribution in [0.15, 0.2) is 41.6 Å². The molecule has 3 aromatic rings. The van der Waals surface area contributed by atoms with Gasteiger partial charge in [-0.05, 0) is 25.5 Å². The number of hydrogen-bond donors (Lipinski definition) is 2. The Morgan fingerprint density at radius 3 is 2.64 bits per heavy atom. The third-order valence-electron chi connectivity index (χ3n) is 4.06. The summed E-state index contributed by atoms with van der Waals surface area (Å²) in [5.74, 6) is 7.04. The molecule has 1 aromatic heterocycles. The second-order valence-electron chi connectivity index (χ2n) is 6.18. The van der Waals surface area contributed by atoms with Gasteiger partial charge in [0, 0.05) is 16.7 Å². The van der Waals surface area contributed by atoms with E-state index in [-0.39, 0.29) is 11.7 Å². The molecule has 146 valence electrons. The lowest BCUT2D eigenvalue weighted by Crippen LogP contribution is -2.17. The highest BCUT2D eigenvalue weighted by Crippen LogP contribution is 2.31. The van der Waals surface area contributed by atoms with Gasteiger partial charge in [0.1, 0.15) is 5.75 Å². The molecule has 0 radical (unpaired) electrons. The quantitative estimate of drug-likeness (QED) is 0.469. The Labute approximate surface area is 172 Å². The number of nitrogens with two attached hydrogens (primary N) is 1. The van der Waals surface area contributed by atoms with Gasteiger partial charge in [-0.1, -0.05) is 53.2 Å². The molecule has 0 aliphatic heterocycles. The predicted molar refractivity (Wildman–Crippen MR) is 112 cm³/mol. The fraction of sp³-hybridized carbons (Fsp3) is 0.211. The molecule has 0 atom stereocenters. The van der Waals surface area contributed by atoms with Crippen molar-refractivity contribution in [3.63, 3.8) is 0 Å². The first-order chi connectivity index (χ1) is 13.4. The highest BCUT2D eigenvalue weighted by atomic mass is 35.5. The van der Waals surface area contributed by atoms with E-state index in [9.17, 15) is 4.79 Å². The first kappa shape index (κ1) is 20.0. The second-order valence-corrected chi connectivity index (χ2v) is 7.53. The lowest BCUT2D eigenvalue weighted by molar-refractivity contribution is -0.113. The number of halogens is 1.